The van der Waals surface area contributed by atoms with Gasteiger partial charge in [-0.2, -0.15) is 0 Å². The summed E-state index contributed by atoms with van der Waals surface area (Å²) in [6, 6.07) is 10.4. The largest absolute Gasteiger partial charge is 0.444 e. The molecule has 2 unspecified atom stereocenters. The van der Waals surface area contributed by atoms with Crippen LogP contribution in [0.25, 0.3) is 0 Å². The van der Waals surface area contributed by atoms with Crippen molar-refractivity contribution in [1.82, 2.24) is 10.2 Å². The Labute approximate surface area is 145 Å². The van der Waals surface area contributed by atoms with E-state index in [2.05, 4.69) is 24.4 Å². The zero-order valence-corrected chi connectivity index (χ0v) is 15.2. The number of aliphatic hydroxyl groups excluding tert-OH is 1. The fourth-order valence-corrected chi connectivity index (χ4v) is 3.06. The molecule has 24 heavy (non-hydrogen) atoms. The highest BCUT2D eigenvalue weighted by Crippen LogP contribution is 2.23. The molecule has 134 valence electrons. The van der Waals surface area contributed by atoms with E-state index in [0.29, 0.717) is 13.1 Å². The molecule has 2 rings (SSSR count). The van der Waals surface area contributed by atoms with Gasteiger partial charge in [-0.15, -0.1) is 0 Å². The highest BCUT2D eigenvalue weighted by atomic mass is 16.6. The lowest BCUT2D eigenvalue weighted by Gasteiger charge is -2.40. The Kier molecular flexibility index (Phi) is 6.24. The monoisotopic (exact) mass is 334 g/mol. The van der Waals surface area contributed by atoms with Gasteiger partial charge >= 0.3 is 6.09 Å². The number of likely N-dealkylation sites (tertiary alicyclic amines) is 1. The maximum Gasteiger partial charge on any atom is 0.410 e. The number of aliphatic hydroxyl groups is 1. The SMILES string of the molecule is C[C@@H](NC1CN(C(=O)OC(C)(C)C)CCC1CO)c1ccccc1. The lowest BCUT2D eigenvalue weighted by Crippen LogP contribution is -2.54. The van der Waals surface area contributed by atoms with E-state index >= 15 is 0 Å². The molecule has 2 N–H and O–H groups in total. The number of benzene rings is 1. The third-order valence-electron chi connectivity index (χ3n) is 4.41. The Balaban J connectivity index is 2.01. The molecule has 0 aliphatic carbocycles. The van der Waals surface area contributed by atoms with Gasteiger partial charge in [0.2, 0.25) is 0 Å². The van der Waals surface area contributed by atoms with Gasteiger partial charge in [0.1, 0.15) is 5.60 Å². The summed E-state index contributed by atoms with van der Waals surface area (Å²) in [7, 11) is 0. The zero-order valence-electron chi connectivity index (χ0n) is 15.2. The van der Waals surface area contributed by atoms with Crippen LogP contribution in [0, 0.1) is 5.92 Å². The normalized spacial score (nSPS) is 23.0. The Bertz CT molecular complexity index is 527. The van der Waals surface area contributed by atoms with E-state index in [1.807, 2.05) is 39.0 Å². The number of carbonyl (C=O) groups excluding carboxylic acids is 1. The molecule has 0 aromatic heterocycles. The van der Waals surface area contributed by atoms with E-state index in [-0.39, 0.29) is 30.7 Å². The van der Waals surface area contributed by atoms with E-state index in [0.717, 1.165) is 6.42 Å². The molecule has 5 nitrogen and oxygen atoms in total. The Hall–Kier alpha value is -1.59. The second kappa shape index (κ2) is 7.99. The second-order valence-electron chi connectivity index (χ2n) is 7.56. The third kappa shape index (κ3) is 5.21. The zero-order chi connectivity index (χ0) is 17.7. The molecular weight excluding hydrogens is 304 g/mol. The molecule has 1 aliphatic heterocycles. The highest BCUT2D eigenvalue weighted by Gasteiger charge is 2.33. The van der Waals surface area contributed by atoms with Gasteiger partial charge in [0.25, 0.3) is 0 Å². The summed E-state index contributed by atoms with van der Waals surface area (Å²) in [5.74, 6) is 0.148. The number of rotatable bonds is 4. The number of carbonyl (C=O) groups is 1. The lowest BCUT2D eigenvalue weighted by molar-refractivity contribution is 0.00917. The summed E-state index contributed by atoms with van der Waals surface area (Å²) < 4.78 is 5.48. The first-order valence-electron chi connectivity index (χ1n) is 8.70. The van der Waals surface area contributed by atoms with E-state index in [1.54, 1.807) is 4.90 Å². The molecule has 0 spiro atoms. The predicted molar refractivity (Wildman–Crippen MR) is 94.8 cm³/mol. The van der Waals surface area contributed by atoms with Crippen molar-refractivity contribution in [3.05, 3.63) is 35.9 Å². The minimum Gasteiger partial charge on any atom is -0.444 e. The molecule has 3 atom stereocenters. The molecule has 0 bridgehead atoms. The Morgan fingerprint density at radius 3 is 2.62 bits per heavy atom. The molecule has 1 aliphatic rings. The van der Waals surface area contributed by atoms with Crippen molar-refractivity contribution in [1.29, 1.82) is 0 Å². The average molecular weight is 334 g/mol. The van der Waals surface area contributed by atoms with E-state index in [1.165, 1.54) is 5.56 Å². The van der Waals surface area contributed by atoms with Gasteiger partial charge in [-0.3, -0.25) is 0 Å². The number of nitrogens with one attached hydrogen (secondary N) is 1. The predicted octanol–water partition coefficient (Wildman–Crippen LogP) is 2.96. The number of ether oxygens (including phenoxy) is 1. The standard InChI is InChI=1S/C19H30N2O3/c1-14(15-8-6-5-7-9-15)20-17-12-21(11-10-16(17)13-22)18(23)24-19(2,3)4/h5-9,14,16-17,20,22H,10-13H2,1-4H3/t14-,16?,17?/m1/s1. The van der Waals surface area contributed by atoms with E-state index in [9.17, 15) is 9.90 Å². The van der Waals surface area contributed by atoms with Crippen LogP contribution >= 0.6 is 0 Å². The molecule has 1 aromatic rings. The Morgan fingerprint density at radius 2 is 2.04 bits per heavy atom. The van der Waals surface area contributed by atoms with Crippen LogP contribution < -0.4 is 5.32 Å². The number of piperidine rings is 1. The summed E-state index contributed by atoms with van der Waals surface area (Å²) >= 11 is 0. The fourth-order valence-electron chi connectivity index (χ4n) is 3.06. The topological polar surface area (TPSA) is 61.8 Å². The molecule has 1 saturated heterocycles. The lowest BCUT2D eigenvalue weighted by atomic mass is 9.91. The first-order chi connectivity index (χ1) is 11.3. The van der Waals surface area contributed by atoms with Gasteiger partial charge in [0.15, 0.2) is 0 Å². The first-order valence-corrected chi connectivity index (χ1v) is 8.70. The fraction of sp³-hybridized carbons (Fsp3) is 0.632. The molecule has 1 heterocycles. The number of amides is 1. The van der Waals surface area contributed by atoms with Crippen LogP contribution in [-0.2, 0) is 4.74 Å². The maximum atomic E-state index is 12.3. The third-order valence-corrected chi connectivity index (χ3v) is 4.41. The quantitative estimate of drug-likeness (QED) is 0.889. The van der Waals surface area contributed by atoms with Gasteiger partial charge in [-0.05, 0) is 39.7 Å². The highest BCUT2D eigenvalue weighted by molar-refractivity contribution is 5.68. The summed E-state index contributed by atoms with van der Waals surface area (Å²) in [4.78, 5) is 14.1. The van der Waals surface area contributed by atoms with Crippen LogP contribution in [0.5, 0.6) is 0 Å². The summed E-state index contributed by atoms with van der Waals surface area (Å²) in [6.45, 7) is 9.03. The van der Waals surface area contributed by atoms with Crippen molar-refractivity contribution in [2.75, 3.05) is 19.7 Å². The molecule has 1 aromatic carbocycles. The number of hydrogen-bond acceptors (Lipinski definition) is 4. The van der Waals surface area contributed by atoms with Crippen molar-refractivity contribution >= 4 is 6.09 Å². The molecule has 1 amide bonds. The smallest absolute Gasteiger partial charge is 0.410 e. The van der Waals surface area contributed by atoms with Crippen molar-refractivity contribution in [2.45, 2.75) is 51.8 Å². The molecule has 0 radical (unpaired) electrons. The van der Waals surface area contributed by atoms with Crippen LogP contribution in [-0.4, -0.2) is 47.4 Å². The van der Waals surface area contributed by atoms with E-state index in [4.69, 9.17) is 4.74 Å². The van der Waals surface area contributed by atoms with Crippen LogP contribution in [0.4, 0.5) is 4.79 Å². The van der Waals surface area contributed by atoms with Crippen molar-refractivity contribution in [2.24, 2.45) is 5.92 Å². The average Bonchev–Trinajstić information content (AvgIpc) is 2.54. The minimum atomic E-state index is -0.495. The minimum absolute atomic E-state index is 0.0477. The van der Waals surface area contributed by atoms with Gasteiger partial charge in [0, 0.05) is 37.7 Å². The van der Waals surface area contributed by atoms with Gasteiger partial charge in [0.05, 0.1) is 0 Å². The van der Waals surface area contributed by atoms with E-state index < -0.39 is 5.60 Å². The van der Waals surface area contributed by atoms with Crippen molar-refractivity contribution in [3.8, 4) is 0 Å². The molecule has 5 heteroatoms. The van der Waals surface area contributed by atoms with Crippen LogP contribution in [0.15, 0.2) is 30.3 Å². The number of nitrogens with zero attached hydrogens (tertiary/aromatic N) is 1. The summed E-state index contributed by atoms with van der Waals surface area (Å²) in [6.07, 6.45) is 0.493. The summed E-state index contributed by atoms with van der Waals surface area (Å²) in [5.41, 5.74) is 0.703. The Morgan fingerprint density at radius 1 is 1.38 bits per heavy atom. The second-order valence-corrected chi connectivity index (χ2v) is 7.56. The van der Waals surface area contributed by atoms with Crippen LogP contribution in [0.2, 0.25) is 0 Å². The van der Waals surface area contributed by atoms with Gasteiger partial charge < -0.3 is 20.1 Å². The van der Waals surface area contributed by atoms with Crippen LogP contribution in [0.1, 0.15) is 45.7 Å². The molecule has 1 fully saturated rings. The van der Waals surface area contributed by atoms with Gasteiger partial charge in [-0.1, -0.05) is 30.3 Å². The molecular formula is C19H30N2O3. The molecule has 0 saturated carbocycles. The van der Waals surface area contributed by atoms with Crippen molar-refractivity contribution in [3.63, 3.8) is 0 Å². The van der Waals surface area contributed by atoms with Gasteiger partial charge in [-0.25, -0.2) is 4.79 Å². The summed E-state index contributed by atoms with van der Waals surface area (Å²) in [5, 5.41) is 13.3. The number of hydrogen-bond donors (Lipinski definition) is 2. The van der Waals surface area contributed by atoms with Crippen LogP contribution in [0.3, 0.4) is 0 Å². The van der Waals surface area contributed by atoms with Crippen molar-refractivity contribution < 1.29 is 14.6 Å². The first kappa shape index (κ1) is 18.7. The maximum absolute atomic E-state index is 12.3.